The van der Waals surface area contributed by atoms with Crippen LogP contribution >= 0.6 is 0 Å². The number of rotatable bonds is 2. The highest BCUT2D eigenvalue weighted by Crippen LogP contribution is 2.18. The number of aromatic amines is 1. The fourth-order valence-electron chi connectivity index (χ4n) is 0.858. The Morgan fingerprint density at radius 1 is 1.82 bits per heavy atom. The standard InChI is InChI=1S/C5H8N4O2/c1-3-5(9(10)11)4(2-6)8-7-3/h2,6H2,1H3,(H,7,8). The van der Waals surface area contributed by atoms with Crippen molar-refractivity contribution in [3.63, 3.8) is 0 Å². The lowest BCUT2D eigenvalue weighted by atomic mass is 10.3. The first-order valence-corrected chi connectivity index (χ1v) is 3.05. The topological polar surface area (TPSA) is 97.8 Å². The van der Waals surface area contributed by atoms with Crippen LogP contribution in [0, 0.1) is 17.0 Å². The summed E-state index contributed by atoms with van der Waals surface area (Å²) in [6.45, 7) is 1.67. The molecule has 0 bridgehead atoms. The number of nitrogens with one attached hydrogen (secondary N) is 1. The van der Waals surface area contributed by atoms with Crippen molar-refractivity contribution in [2.75, 3.05) is 0 Å². The summed E-state index contributed by atoms with van der Waals surface area (Å²) in [5.41, 5.74) is 5.95. The predicted octanol–water partition coefficient (Wildman–Crippen LogP) is 0.0850. The fourth-order valence-corrected chi connectivity index (χ4v) is 0.858. The Labute approximate surface area is 62.6 Å². The number of hydrogen-bond acceptors (Lipinski definition) is 4. The fraction of sp³-hybridized carbons (Fsp3) is 0.400. The van der Waals surface area contributed by atoms with Crippen LogP contribution in [0.5, 0.6) is 0 Å². The van der Waals surface area contributed by atoms with Crippen LogP contribution in [0.3, 0.4) is 0 Å². The molecule has 0 aliphatic rings. The SMILES string of the molecule is Cc1[nH]nc(CN)c1[N+](=O)[O-]. The van der Waals surface area contributed by atoms with Gasteiger partial charge in [0.2, 0.25) is 0 Å². The zero-order valence-corrected chi connectivity index (χ0v) is 6.00. The maximum atomic E-state index is 10.4. The van der Waals surface area contributed by atoms with Crippen molar-refractivity contribution in [2.45, 2.75) is 13.5 Å². The lowest BCUT2D eigenvalue weighted by Crippen LogP contribution is -2.00. The van der Waals surface area contributed by atoms with Crippen molar-refractivity contribution in [1.29, 1.82) is 0 Å². The van der Waals surface area contributed by atoms with E-state index in [4.69, 9.17) is 5.73 Å². The zero-order chi connectivity index (χ0) is 8.43. The lowest BCUT2D eigenvalue weighted by molar-refractivity contribution is -0.386. The molecule has 0 amide bonds. The largest absolute Gasteiger partial charge is 0.325 e. The molecule has 0 aromatic carbocycles. The van der Waals surface area contributed by atoms with E-state index in [1.807, 2.05) is 0 Å². The second kappa shape index (κ2) is 2.67. The van der Waals surface area contributed by atoms with E-state index in [1.165, 1.54) is 0 Å². The Hall–Kier alpha value is -1.43. The van der Waals surface area contributed by atoms with Gasteiger partial charge in [-0.3, -0.25) is 15.2 Å². The number of H-pyrrole nitrogens is 1. The molecule has 3 N–H and O–H groups in total. The van der Waals surface area contributed by atoms with E-state index < -0.39 is 4.92 Å². The van der Waals surface area contributed by atoms with Gasteiger partial charge in [-0.15, -0.1) is 0 Å². The summed E-state index contributed by atoms with van der Waals surface area (Å²) in [5, 5.41) is 16.5. The van der Waals surface area contributed by atoms with Gasteiger partial charge in [-0.2, -0.15) is 5.10 Å². The van der Waals surface area contributed by atoms with Crippen LogP contribution in [-0.4, -0.2) is 15.1 Å². The van der Waals surface area contributed by atoms with Crippen molar-refractivity contribution in [3.05, 3.63) is 21.5 Å². The molecule has 0 radical (unpaired) electrons. The summed E-state index contributed by atoms with van der Waals surface area (Å²) in [7, 11) is 0. The van der Waals surface area contributed by atoms with Crippen molar-refractivity contribution in [2.24, 2.45) is 5.73 Å². The molecular weight excluding hydrogens is 148 g/mol. The minimum Gasteiger partial charge on any atom is -0.325 e. The van der Waals surface area contributed by atoms with Gasteiger partial charge < -0.3 is 5.73 Å². The summed E-state index contributed by atoms with van der Waals surface area (Å²) >= 11 is 0. The van der Waals surface area contributed by atoms with E-state index in [-0.39, 0.29) is 12.2 Å². The average Bonchev–Trinajstić information content (AvgIpc) is 2.30. The minimum atomic E-state index is -0.485. The summed E-state index contributed by atoms with van der Waals surface area (Å²) in [6.07, 6.45) is 0. The number of nitrogens with two attached hydrogens (primary N) is 1. The number of hydrogen-bond donors (Lipinski definition) is 2. The van der Waals surface area contributed by atoms with Crippen molar-refractivity contribution in [3.8, 4) is 0 Å². The molecule has 1 rings (SSSR count). The quantitative estimate of drug-likeness (QED) is 0.468. The van der Waals surface area contributed by atoms with Gasteiger partial charge >= 0.3 is 5.69 Å². The summed E-state index contributed by atoms with van der Waals surface area (Å²) < 4.78 is 0. The van der Waals surface area contributed by atoms with Crippen LogP contribution in [0.1, 0.15) is 11.4 Å². The van der Waals surface area contributed by atoms with Crippen LogP contribution in [0.4, 0.5) is 5.69 Å². The molecule has 0 spiro atoms. The molecule has 0 saturated carbocycles. The molecule has 0 saturated heterocycles. The summed E-state index contributed by atoms with van der Waals surface area (Å²) in [4.78, 5) is 9.87. The van der Waals surface area contributed by atoms with Gasteiger partial charge in [-0.1, -0.05) is 0 Å². The first-order valence-electron chi connectivity index (χ1n) is 3.05. The van der Waals surface area contributed by atoms with Gasteiger partial charge in [0.05, 0.1) is 4.92 Å². The molecule has 0 fully saturated rings. The number of aromatic nitrogens is 2. The molecule has 11 heavy (non-hydrogen) atoms. The van der Waals surface area contributed by atoms with E-state index in [1.54, 1.807) is 6.92 Å². The summed E-state index contributed by atoms with van der Waals surface area (Å²) in [6, 6.07) is 0. The molecule has 1 heterocycles. The average molecular weight is 156 g/mol. The molecule has 0 aliphatic carbocycles. The predicted molar refractivity (Wildman–Crippen MR) is 37.9 cm³/mol. The number of aryl methyl sites for hydroxylation is 1. The first kappa shape index (κ1) is 7.67. The maximum Gasteiger partial charge on any atom is 0.314 e. The third kappa shape index (κ3) is 1.20. The molecule has 6 heteroatoms. The first-order chi connectivity index (χ1) is 5.16. The highest BCUT2D eigenvalue weighted by Gasteiger charge is 2.19. The van der Waals surface area contributed by atoms with Crippen LogP contribution in [-0.2, 0) is 6.54 Å². The Morgan fingerprint density at radius 2 is 2.45 bits per heavy atom. The second-order valence-corrected chi connectivity index (χ2v) is 2.11. The molecule has 6 nitrogen and oxygen atoms in total. The van der Waals surface area contributed by atoms with E-state index in [0.29, 0.717) is 11.4 Å². The molecular formula is C5H8N4O2. The van der Waals surface area contributed by atoms with E-state index in [9.17, 15) is 10.1 Å². The van der Waals surface area contributed by atoms with Gasteiger partial charge in [0.25, 0.3) is 0 Å². The highest BCUT2D eigenvalue weighted by atomic mass is 16.6. The minimum absolute atomic E-state index is 0.00694. The van der Waals surface area contributed by atoms with Crippen LogP contribution < -0.4 is 5.73 Å². The van der Waals surface area contributed by atoms with Gasteiger partial charge in [0, 0.05) is 6.54 Å². The van der Waals surface area contributed by atoms with Crippen molar-refractivity contribution in [1.82, 2.24) is 10.2 Å². The molecule has 0 unspecified atom stereocenters. The van der Waals surface area contributed by atoms with Crippen molar-refractivity contribution >= 4 is 5.69 Å². The number of nitrogens with zero attached hydrogens (tertiary/aromatic N) is 2. The Kier molecular flexibility index (Phi) is 1.86. The smallest absolute Gasteiger partial charge is 0.314 e. The van der Waals surface area contributed by atoms with Gasteiger partial charge in [0.1, 0.15) is 5.69 Å². The third-order valence-corrected chi connectivity index (χ3v) is 1.36. The molecule has 0 atom stereocenters. The zero-order valence-electron chi connectivity index (χ0n) is 6.00. The van der Waals surface area contributed by atoms with Crippen molar-refractivity contribution < 1.29 is 4.92 Å². The van der Waals surface area contributed by atoms with Crippen LogP contribution in [0.25, 0.3) is 0 Å². The third-order valence-electron chi connectivity index (χ3n) is 1.36. The monoisotopic (exact) mass is 156 g/mol. The molecule has 1 aromatic rings. The Morgan fingerprint density at radius 3 is 2.82 bits per heavy atom. The Balaban J connectivity index is 3.17. The van der Waals surface area contributed by atoms with E-state index in [2.05, 4.69) is 10.2 Å². The summed E-state index contributed by atoms with van der Waals surface area (Å²) in [5.74, 6) is 0. The highest BCUT2D eigenvalue weighted by molar-refractivity contribution is 5.39. The number of nitro groups is 1. The van der Waals surface area contributed by atoms with E-state index >= 15 is 0 Å². The van der Waals surface area contributed by atoms with Crippen LogP contribution in [0.2, 0.25) is 0 Å². The second-order valence-electron chi connectivity index (χ2n) is 2.11. The molecule has 0 aliphatic heterocycles. The van der Waals surface area contributed by atoms with Gasteiger partial charge in [-0.05, 0) is 6.92 Å². The Bertz CT molecular complexity index is 280. The molecule has 60 valence electrons. The molecule has 1 aromatic heterocycles. The maximum absolute atomic E-state index is 10.4. The lowest BCUT2D eigenvalue weighted by Gasteiger charge is -1.89. The van der Waals surface area contributed by atoms with Gasteiger partial charge in [0.15, 0.2) is 5.69 Å². The van der Waals surface area contributed by atoms with Gasteiger partial charge in [-0.25, -0.2) is 0 Å². The normalized spacial score (nSPS) is 10.0. The van der Waals surface area contributed by atoms with Crippen LogP contribution in [0.15, 0.2) is 0 Å². The van der Waals surface area contributed by atoms with E-state index in [0.717, 1.165) is 0 Å².